The first-order valence-corrected chi connectivity index (χ1v) is 6.57. The average Bonchev–Trinajstić information content (AvgIpc) is 2.49. The third-order valence-electron chi connectivity index (χ3n) is 2.39. The van der Waals surface area contributed by atoms with Crippen LogP contribution in [0.1, 0.15) is 10.4 Å². The SMILES string of the molecule is O=C(NNC(=S)Nc1ccc(F)c(Cl)c1)c1cccnc1. The van der Waals surface area contributed by atoms with E-state index in [1.807, 2.05) is 0 Å². The van der Waals surface area contributed by atoms with Crippen molar-refractivity contribution in [1.29, 1.82) is 0 Å². The molecule has 2 aromatic rings. The van der Waals surface area contributed by atoms with Gasteiger partial charge in [0.15, 0.2) is 5.11 Å². The fourth-order valence-corrected chi connectivity index (χ4v) is 1.77. The van der Waals surface area contributed by atoms with Crippen LogP contribution in [-0.4, -0.2) is 16.0 Å². The van der Waals surface area contributed by atoms with E-state index in [1.165, 1.54) is 24.4 Å². The minimum atomic E-state index is -0.522. The minimum absolute atomic E-state index is 0.0257. The van der Waals surface area contributed by atoms with Crippen LogP contribution in [0, 0.1) is 5.82 Å². The zero-order valence-corrected chi connectivity index (χ0v) is 12.1. The lowest BCUT2D eigenvalue weighted by Crippen LogP contribution is -2.43. The van der Waals surface area contributed by atoms with Gasteiger partial charge in [0.25, 0.3) is 5.91 Å². The molecule has 1 amide bonds. The second-order valence-electron chi connectivity index (χ2n) is 3.90. The number of hydrogen-bond acceptors (Lipinski definition) is 3. The summed E-state index contributed by atoms with van der Waals surface area (Å²) in [4.78, 5) is 15.6. The number of nitrogens with zero attached hydrogens (tertiary/aromatic N) is 1. The summed E-state index contributed by atoms with van der Waals surface area (Å²) < 4.78 is 13.0. The second kappa shape index (κ2) is 6.96. The summed E-state index contributed by atoms with van der Waals surface area (Å²) in [5.41, 5.74) is 5.81. The van der Waals surface area contributed by atoms with Crippen molar-refractivity contribution in [3.63, 3.8) is 0 Å². The molecular weight excluding hydrogens is 315 g/mol. The molecule has 8 heteroatoms. The Kier molecular flexibility index (Phi) is 5.02. The molecule has 0 aliphatic carbocycles. The number of rotatable bonds is 2. The predicted molar refractivity (Wildman–Crippen MR) is 82.5 cm³/mol. The van der Waals surface area contributed by atoms with E-state index in [0.29, 0.717) is 11.3 Å². The summed E-state index contributed by atoms with van der Waals surface area (Å²) in [7, 11) is 0. The van der Waals surface area contributed by atoms with E-state index in [1.54, 1.807) is 18.3 Å². The highest BCUT2D eigenvalue weighted by atomic mass is 35.5. The molecule has 0 unspecified atom stereocenters. The van der Waals surface area contributed by atoms with Crippen LogP contribution < -0.4 is 16.2 Å². The van der Waals surface area contributed by atoms with Crippen LogP contribution in [0.2, 0.25) is 5.02 Å². The number of amides is 1. The molecule has 108 valence electrons. The van der Waals surface area contributed by atoms with Crippen molar-refractivity contribution in [2.24, 2.45) is 0 Å². The van der Waals surface area contributed by atoms with Crippen LogP contribution in [-0.2, 0) is 0 Å². The normalized spacial score (nSPS) is 9.81. The fraction of sp³-hybridized carbons (Fsp3) is 0. The minimum Gasteiger partial charge on any atom is -0.331 e. The Balaban J connectivity index is 1.87. The lowest BCUT2D eigenvalue weighted by atomic mass is 10.3. The smallest absolute Gasteiger partial charge is 0.271 e. The number of halogens is 2. The van der Waals surface area contributed by atoms with E-state index >= 15 is 0 Å². The molecule has 0 spiro atoms. The summed E-state index contributed by atoms with van der Waals surface area (Å²) in [5.74, 6) is -0.907. The molecule has 1 heterocycles. The largest absolute Gasteiger partial charge is 0.331 e. The Morgan fingerprint density at radius 2 is 2.10 bits per heavy atom. The quantitative estimate of drug-likeness (QED) is 0.585. The van der Waals surface area contributed by atoms with E-state index in [9.17, 15) is 9.18 Å². The standard InChI is InChI=1S/C13H10ClFN4OS/c14-10-6-9(3-4-11(10)15)17-13(21)19-18-12(20)8-2-1-5-16-7-8/h1-7H,(H,18,20)(H2,17,19,21). The van der Waals surface area contributed by atoms with Crippen LogP contribution in [0.4, 0.5) is 10.1 Å². The molecule has 2 rings (SSSR count). The van der Waals surface area contributed by atoms with Crippen molar-refractivity contribution >= 4 is 40.5 Å². The molecule has 0 bridgehead atoms. The third kappa shape index (κ3) is 4.37. The van der Waals surface area contributed by atoms with Crippen LogP contribution >= 0.6 is 23.8 Å². The number of anilines is 1. The third-order valence-corrected chi connectivity index (χ3v) is 2.88. The van der Waals surface area contributed by atoms with Crippen molar-refractivity contribution < 1.29 is 9.18 Å². The van der Waals surface area contributed by atoms with Gasteiger partial charge in [-0.2, -0.15) is 0 Å². The molecule has 21 heavy (non-hydrogen) atoms. The van der Waals surface area contributed by atoms with Crippen molar-refractivity contribution in [2.75, 3.05) is 5.32 Å². The van der Waals surface area contributed by atoms with E-state index in [2.05, 4.69) is 21.2 Å². The lowest BCUT2D eigenvalue weighted by molar-refractivity contribution is 0.0944. The maximum atomic E-state index is 13.0. The molecule has 1 aromatic heterocycles. The molecule has 3 N–H and O–H groups in total. The van der Waals surface area contributed by atoms with Gasteiger partial charge in [0.2, 0.25) is 0 Å². The number of hydrazine groups is 1. The van der Waals surface area contributed by atoms with Gasteiger partial charge in [0.1, 0.15) is 5.82 Å². The molecule has 5 nitrogen and oxygen atoms in total. The van der Waals surface area contributed by atoms with Gasteiger partial charge >= 0.3 is 0 Å². The number of thiocarbonyl (C=S) groups is 1. The first kappa shape index (κ1) is 15.1. The monoisotopic (exact) mass is 324 g/mol. The summed E-state index contributed by atoms with van der Waals surface area (Å²) in [5, 5.41) is 2.86. The summed E-state index contributed by atoms with van der Waals surface area (Å²) >= 11 is 10.6. The van der Waals surface area contributed by atoms with Gasteiger partial charge in [0.05, 0.1) is 10.6 Å². The Morgan fingerprint density at radius 3 is 2.76 bits per heavy atom. The Hall–Kier alpha value is -2.25. The van der Waals surface area contributed by atoms with E-state index in [0.717, 1.165) is 0 Å². The molecular formula is C13H10ClFN4OS. The topological polar surface area (TPSA) is 66.1 Å². The Labute approximate surface area is 130 Å². The number of nitrogens with one attached hydrogen (secondary N) is 3. The van der Waals surface area contributed by atoms with Crippen LogP contribution in [0.15, 0.2) is 42.7 Å². The average molecular weight is 325 g/mol. The van der Waals surface area contributed by atoms with Gasteiger partial charge in [-0.1, -0.05) is 11.6 Å². The summed E-state index contributed by atoms with van der Waals surface area (Å²) in [6.07, 6.45) is 2.99. The van der Waals surface area contributed by atoms with Crippen molar-refractivity contribution in [1.82, 2.24) is 15.8 Å². The number of carbonyl (C=O) groups excluding carboxylic acids is 1. The molecule has 0 atom stereocenters. The molecule has 0 aliphatic rings. The number of pyridine rings is 1. The Bertz CT molecular complexity index is 668. The van der Waals surface area contributed by atoms with E-state index < -0.39 is 5.82 Å². The number of aromatic nitrogens is 1. The lowest BCUT2D eigenvalue weighted by Gasteiger charge is -2.11. The van der Waals surface area contributed by atoms with Gasteiger partial charge in [-0.15, -0.1) is 0 Å². The highest BCUT2D eigenvalue weighted by Crippen LogP contribution is 2.19. The van der Waals surface area contributed by atoms with Crippen molar-refractivity contribution in [3.8, 4) is 0 Å². The number of hydrogen-bond donors (Lipinski definition) is 3. The molecule has 0 radical (unpaired) electrons. The van der Waals surface area contributed by atoms with Gasteiger partial charge < -0.3 is 5.32 Å². The molecule has 0 saturated heterocycles. The molecule has 1 aromatic carbocycles. The summed E-state index contributed by atoms with van der Waals surface area (Å²) in [6.45, 7) is 0. The summed E-state index contributed by atoms with van der Waals surface area (Å²) in [6, 6.07) is 7.32. The highest BCUT2D eigenvalue weighted by Gasteiger charge is 2.06. The maximum absolute atomic E-state index is 13.0. The van der Waals surface area contributed by atoms with Crippen LogP contribution in [0.3, 0.4) is 0 Å². The van der Waals surface area contributed by atoms with Gasteiger partial charge in [-0.25, -0.2) is 4.39 Å². The second-order valence-corrected chi connectivity index (χ2v) is 4.72. The van der Waals surface area contributed by atoms with E-state index in [4.69, 9.17) is 23.8 Å². The fourth-order valence-electron chi connectivity index (χ4n) is 1.42. The first-order chi connectivity index (χ1) is 10.1. The van der Waals surface area contributed by atoms with Crippen LogP contribution in [0.25, 0.3) is 0 Å². The van der Waals surface area contributed by atoms with Gasteiger partial charge in [-0.05, 0) is 42.5 Å². The van der Waals surface area contributed by atoms with Gasteiger partial charge in [-0.3, -0.25) is 20.6 Å². The zero-order valence-electron chi connectivity index (χ0n) is 10.6. The Morgan fingerprint density at radius 1 is 1.29 bits per heavy atom. The van der Waals surface area contributed by atoms with E-state index in [-0.39, 0.29) is 16.0 Å². The zero-order chi connectivity index (χ0) is 15.2. The van der Waals surface area contributed by atoms with Crippen molar-refractivity contribution in [3.05, 3.63) is 59.1 Å². The van der Waals surface area contributed by atoms with Crippen LogP contribution in [0.5, 0.6) is 0 Å². The molecule has 0 fully saturated rings. The van der Waals surface area contributed by atoms with Gasteiger partial charge in [0, 0.05) is 18.1 Å². The van der Waals surface area contributed by atoms with Crippen molar-refractivity contribution in [2.45, 2.75) is 0 Å². The molecule has 0 saturated carbocycles. The number of carbonyl (C=O) groups is 1. The number of benzene rings is 1. The predicted octanol–water partition coefficient (Wildman–Crippen LogP) is 2.51. The highest BCUT2D eigenvalue weighted by molar-refractivity contribution is 7.80. The maximum Gasteiger partial charge on any atom is 0.271 e. The first-order valence-electron chi connectivity index (χ1n) is 5.78. The molecule has 0 aliphatic heterocycles.